The molecule has 146 valence electrons. The molecule has 0 fully saturated rings. The summed E-state index contributed by atoms with van der Waals surface area (Å²) in [6.07, 6.45) is 0. The van der Waals surface area contributed by atoms with Crippen LogP contribution in [0.25, 0.3) is 11.3 Å². The molecule has 6 nitrogen and oxygen atoms in total. The molecule has 2 N–H and O–H groups in total. The van der Waals surface area contributed by atoms with Gasteiger partial charge in [0.05, 0.1) is 22.2 Å². The summed E-state index contributed by atoms with van der Waals surface area (Å²) < 4.78 is 5.81. The first-order chi connectivity index (χ1) is 13.4. The molecule has 3 rings (SSSR count). The lowest BCUT2D eigenvalue weighted by molar-refractivity contribution is -0.384. The number of halogens is 3. The SMILES string of the molecule is O=[N+]([O-])c1ccc(NCCNCc2ccc(-c3cc(Cl)cc(Cl)c3)o2)c(Cl)c1. The highest BCUT2D eigenvalue weighted by atomic mass is 35.5. The van der Waals surface area contributed by atoms with E-state index in [9.17, 15) is 10.1 Å². The van der Waals surface area contributed by atoms with Gasteiger partial charge in [-0.15, -0.1) is 0 Å². The molecule has 0 amide bonds. The lowest BCUT2D eigenvalue weighted by Crippen LogP contribution is -2.21. The van der Waals surface area contributed by atoms with Crippen LogP contribution < -0.4 is 10.6 Å². The third-order valence-corrected chi connectivity index (χ3v) is 4.64. The molecule has 0 aliphatic carbocycles. The van der Waals surface area contributed by atoms with E-state index in [1.165, 1.54) is 12.1 Å². The topological polar surface area (TPSA) is 80.3 Å². The van der Waals surface area contributed by atoms with Crippen LogP contribution >= 0.6 is 34.8 Å². The minimum Gasteiger partial charge on any atom is -0.460 e. The van der Waals surface area contributed by atoms with Crippen LogP contribution in [0, 0.1) is 10.1 Å². The number of nitro benzene ring substituents is 1. The zero-order valence-corrected chi connectivity index (χ0v) is 16.8. The second-order valence-corrected chi connectivity index (χ2v) is 7.23. The average molecular weight is 441 g/mol. The number of nitro groups is 1. The molecule has 1 heterocycles. The van der Waals surface area contributed by atoms with Crippen LogP contribution in [0.1, 0.15) is 5.76 Å². The fraction of sp³-hybridized carbons (Fsp3) is 0.158. The van der Waals surface area contributed by atoms with Crippen LogP contribution in [-0.2, 0) is 6.54 Å². The Morgan fingerprint density at radius 3 is 2.39 bits per heavy atom. The van der Waals surface area contributed by atoms with Crippen molar-refractivity contribution in [2.45, 2.75) is 6.54 Å². The van der Waals surface area contributed by atoms with Crippen LogP contribution in [0.3, 0.4) is 0 Å². The van der Waals surface area contributed by atoms with Crippen molar-refractivity contribution in [2.75, 3.05) is 18.4 Å². The highest BCUT2D eigenvalue weighted by Crippen LogP contribution is 2.29. The Labute approximate surface area is 176 Å². The second-order valence-electron chi connectivity index (χ2n) is 5.95. The summed E-state index contributed by atoms with van der Waals surface area (Å²) in [5.41, 5.74) is 1.42. The molecule has 0 saturated carbocycles. The van der Waals surface area contributed by atoms with E-state index in [1.54, 1.807) is 24.3 Å². The van der Waals surface area contributed by atoms with Gasteiger partial charge in [-0.25, -0.2) is 0 Å². The van der Waals surface area contributed by atoms with Crippen molar-refractivity contribution in [1.29, 1.82) is 0 Å². The van der Waals surface area contributed by atoms with E-state index in [-0.39, 0.29) is 5.69 Å². The fourth-order valence-electron chi connectivity index (χ4n) is 2.58. The van der Waals surface area contributed by atoms with Gasteiger partial charge in [-0.2, -0.15) is 0 Å². The van der Waals surface area contributed by atoms with Crippen molar-refractivity contribution in [3.63, 3.8) is 0 Å². The summed E-state index contributed by atoms with van der Waals surface area (Å²) in [5, 5.41) is 18.5. The van der Waals surface area contributed by atoms with Gasteiger partial charge in [0, 0.05) is 40.8 Å². The minimum atomic E-state index is -0.480. The Hall–Kier alpha value is -2.25. The number of benzene rings is 2. The van der Waals surface area contributed by atoms with Crippen LogP contribution in [0.15, 0.2) is 52.9 Å². The Balaban J connectivity index is 1.47. The summed E-state index contributed by atoms with van der Waals surface area (Å²) >= 11 is 18.1. The highest BCUT2D eigenvalue weighted by Gasteiger charge is 2.09. The van der Waals surface area contributed by atoms with Gasteiger partial charge in [-0.1, -0.05) is 34.8 Å². The van der Waals surface area contributed by atoms with Crippen LogP contribution in [0.2, 0.25) is 15.1 Å². The first kappa shape index (κ1) is 20.5. The molecular weight excluding hydrogens is 425 g/mol. The monoisotopic (exact) mass is 439 g/mol. The van der Waals surface area contributed by atoms with Gasteiger partial charge in [0.1, 0.15) is 11.5 Å². The molecule has 9 heteroatoms. The van der Waals surface area contributed by atoms with Gasteiger partial charge in [0.25, 0.3) is 5.69 Å². The lowest BCUT2D eigenvalue weighted by Gasteiger charge is -2.08. The molecular formula is C19H16Cl3N3O3. The summed E-state index contributed by atoms with van der Waals surface area (Å²) in [5.74, 6) is 1.47. The van der Waals surface area contributed by atoms with E-state index >= 15 is 0 Å². The van der Waals surface area contributed by atoms with Gasteiger partial charge in [0.2, 0.25) is 0 Å². The highest BCUT2D eigenvalue weighted by molar-refractivity contribution is 6.35. The fourth-order valence-corrected chi connectivity index (χ4v) is 3.35. The van der Waals surface area contributed by atoms with Crippen LogP contribution in [-0.4, -0.2) is 18.0 Å². The molecule has 0 spiro atoms. The Morgan fingerprint density at radius 2 is 1.71 bits per heavy atom. The van der Waals surface area contributed by atoms with Crippen molar-refractivity contribution < 1.29 is 9.34 Å². The van der Waals surface area contributed by atoms with Crippen LogP contribution in [0.5, 0.6) is 0 Å². The third kappa shape index (κ3) is 5.39. The first-order valence-electron chi connectivity index (χ1n) is 8.36. The maximum absolute atomic E-state index is 10.7. The standard InChI is InChI=1S/C19H16Cl3N3O3/c20-13-7-12(8-14(21)9-13)19-4-2-16(28-19)11-23-5-6-24-18-3-1-15(25(26)27)10-17(18)22/h1-4,7-10,23-24H,5-6,11H2. The van der Waals surface area contributed by atoms with Gasteiger partial charge in [0.15, 0.2) is 0 Å². The number of anilines is 1. The second kappa shape index (κ2) is 9.30. The Bertz CT molecular complexity index is 971. The Kier molecular flexibility index (Phi) is 6.80. The molecule has 0 aliphatic heterocycles. The average Bonchev–Trinajstić information content (AvgIpc) is 3.10. The van der Waals surface area contributed by atoms with Crippen molar-refractivity contribution >= 4 is 46.2 Å². The van der Waals surface area contributed by atoms with E-state index in [4.69, 9.17) is 39.2 Å². The third-order valence-electron chi connectivity index (χ3n) is 3.89. The van der Waals surface area contributed by atoms with Crippen LogP contribution in [0.4, 0.5) is 11.4 Å². The summed E-state index contributed by atoms with van der Waals surface area (Å²) in [4.78, 5) is 10.2. The molecule has 0 atom stereocenters. The quantitative estimate of drug-likeness (QED) is 0.254. The number of rotatable bonds is 8. The summed E-state index contributed by atoms with van der Waals surface area (Å²) in [7, 11) is 0. The number of nitrogens with one attached hydrogen (secondary N) is 2. The first-order valence-corrected chi connectivity index (χ1v) is 9.49. The molecule has 28 heavy (non-hydrogen) atoms. The summed E-state index contributed by atoms with van der Waals surface area (Å²) in [6.45, 7) is 1.78. The van der Waals surface area contributed by atoms with Crippen molar-refractivity contribution in [3.05, 3.63) is 79.5 Å². The molecule has 0 unspecified atom stereocenters. The number of hydrogen-bond donors (Lipinski definition) is 2. The number of hydrogen-bond acceptors (Lipinski definition) is 5. The number of nitrogens with zero attached hydrogens (tertiary/aromatic N) is 1. The Morgan fingerprint density at radius 1 is 0.964 bits per heavy atom. The van der Waals surface area contributed by atoms with E-state index in [0.29, 0.717) is 46.1 Å². The molecule has 2 aromatic carbocycles. The maximum Gasteiger partial charge on any atom is 0.271 e. The molecule has 0 saturated heterocycles. The largest absolute Gasteiger partial charge is 0.460 e. The molecule has 3 aromatic rings. The molecule has 0 radical (unpaired) electrons. The molecule has 0 aliphatic rings. The molecule has 0 bridgehead atoms. The van der Waals surface area contributed by atoms with Gasteiger partial charge in [-0.05, 0) is 36.4 Å². The minimum absolute atomic E-state index is 0.0386. The van der Waals surface area contributed by atoms with E-state index in [0.717, 1.165) is 11.3 Å². The normalized spacial score (nSPS) is 10.8. The van der Waals surface area contributed by atoms with E-state index < -0.39 is 4.92 Å². The van der Waals surface area contributed by atoms with Crippen molar-refractivity contribution in [3.8, 4) is 11.3 Å². The smallest absolute Gasteiger partial charge is 0.271 e. The van der Waals surface area contributed by atoms with Gasteiger partial charge >= 0.3 is 0 Å². The lowest BCUT2D eigenvalue weighted by atomic mass is 10.2. The van der Waals surface area contributed by atoms with E-state index in [2.05, 4.69) is 10.6 Å². The maximum atomic E-state index is 10.7. The predicted octanol–water partition coefficient (Wildman–Crippen LogP) is 6.02. The zero-order chi connectivity index (χ0) is 20.1. The van der Waals surface area contributed by atoms with Crippen molar-refractivity contribution in [2.24, 2.45) is 0 Å². The predicted molar refractivity (Wildman–Crippen MR) is 112 cm³/mol. The summed E-state index contributed by atoms with van der Waals surface area (Å²) in [6, 6.07) is 13.3. The van der Waals surface area contributed by atoms with Gasteiger partial charge in [-0.3, -0.25) is 10.1 Å². The number of non-ortho nitro benzene ring substituents is 1. The molecule has 1 aromatic heterocycles. The zero-order valence-electron chi connectivity index (χ0n) is 14.5. The van der Waals surface area contributed by atoms with Crippen molar-refractivity contribution in [1.82, 2.24) is 5.32 Å². The van der Waals surface area contributed by atoms with E-state index in [1.807, 2.05) is 12.1 Å². The van der Waals surface area contributed by atoms with Gasteiger partial charge < -0.3 is 15.1 Å². The number of furan rings is 1.